The van der Waals surface area contributed by atoms with Gasteiger partial charge in [0, 0.05) is 19.8 Å². The van der Waals surface area contributed by atoms with Gasteiger partial charge >= 0.3 is 0 Å². The van der Waals surface area contributed by atoms with Crippen LogP contribution < -0.4 is 5.73 Å². The van der Waals surface area contributed by atoms with Crippen LogP contribution in [0.25, 0.3) is 0 Å². The molecule has 2 nitrogen and oxygen atoms in total. The Morgan fingerprint density at radius 3 is 2.81 bits per heavy atom. The zero-order valence-electron chi connectivity index (χ0n) is 10.9. The molecule has 0 aromatic carbocycles. The van der Waals surface area contributed by atoms with Crippen molar-refractivity contribution in [2.24, 2.45) is 11.7 Å². The van der Waals surface area contributed by atoms with Crippen molar-refractivity contribution in [3.05, 3.63) is 11.6 Å². The fourth-order valence-corrected chi connectivity index (χ4v) is 2.49. The molecule has 0 bridgehead atoms. The van der Waals surface area contributed by atoms with Crippen molar-refractivity contribution >= 4 is 0 Å². The van der Waals surface area contributed by atoms with Crippen molar-refractivity contribution in [3.63, 3.8) is 0 Å². The van der Waals surface area contributed by atoms with Crippen LogP contribution in [0.2, 0.25) is 0 Å². The second kappa shape index (κ2) is 7.86. The van der Waals surface area contributed by atoms with Crippen molar-refractivity contribution in [2.45, 2.75) is 57.9 Å². The van der Waals surface area contributed by atoms with E-state index in [0.29, 0.717) is 5.92 Å². The smallest absolute Gasteiger partial charge is 0.0488 e. The minimum Gasteiger partial charge on any atom is -0.384 e. The number of hydrogen-bond donors (Lipinski definition) is 1. The first-order valence-electron chi connectivity index (χ1n) is 6.67. The second-order valence-electron chi connectivity index (χ2n) is 5.13. The highest BCUT2D eigenvalue weighted by Crippen LogP contribution is 2.21. The van der Waals surface area contributed by atoms with Gasteiger partial charge < -0.3 is 10.5 Å². The van der Waals surface area contributed by atoms with Crippen LogP contribution in [0, 0.1) is 5.92 Å². The first-order chi connectivity index (χ1) is 7.74. The molecule has 0 spiro atoms. The lowest BCUT2D eigenvalue weighted by Crippen LogP contribution is -2.27. The summed E-state index contributed by atoms with van der Waals surface area (Å²) in [5.41, 5.74) is 7.76. The molecule has 2 N–H and O–H groups in total. The Labute approximate surface area is 100 Å². The summed E-state index contributed by atoms with van der Waals surface area (Å²) >= 11 is 0. The fraction of sp³-hybridized carbons (Fsp3) is 0.857. The van der Waals surface area contributed by atoms with Gasteiger partial charge in [0.25, 0.3) is 0 Å². The zero-order valence-corrected chi connectivity index (χ0v) is 10.9. The van der Waals surface area contributed by atoms with Crippen molar-refractivity contribution in [2.75, 3.05) is 13.7 Å². The molecule has 0 aliphatic heterocycles. The molecule has 0 saturated carbocycles. The lowest BCUT2D eigenvalue weighted by Gasteiger charge is -2.21. The summed E-state index contributed by atoms with van der Waals surface area (Å²) in [6.07, 6.45) is 11.3. The van der Waals surface area contributed by atoms with E-state index < -0.39 is 0 Å². The van der Waals surface area contributed by atoms with Gasteiger partial charge in [0.05, 0.1) is 0 Å². The Morgan fingerprint density at radius 2 is 2.06 bits per heavy atom. The number of allylic oxidation sites excluding steroid dienone is 1. The lowest BCUT2D eigenvalue weighted by atomic mass is 9.90. The molecule has 0 amide bonds. The normalized spacial score (nSPS) is 21.8. The van der Waals surface area contributed by atoms with Gasteiger partial charge in [-0.2, -0.15) is 0 Å². The Bertz CT molecular complexity index is 213. The number of rotatable bonds is 5. The summed E-state index contributed by atoms with van der Waals surface area (Å²) in [4.78, 5) is 0. The number of methoxy groups -OCH3 is 1. The van der Waals surface area contributed by atoms with Crippen LogP contribution in [0.5, 0.6) is 0 Å². The molecule has 0 saturated heterocycles. The van der Waals surface area contributed by atoms with Crippen LogP contribution in [0.3, 0.4) is 0 Å². The van der Waals surface area contributed by atoms with E-state index in [1.807, 2.05) is 0 Å². The van der Waals surface area contributed by atoms with Gasteiger partial charge in [0.1, 0.15) is 0 Å². The van der Waals surface area contributed by atoms with Crippen LogP contribution in [-0.4, -0.2) is 19.8 Å². The quantitative estimate of drug-likeness (QED) is 0.729. The average Bonchev–Trinajstić information content (AvgIpc) is 2.16. The van der Waals surface area contributed by atoms with E-state index in [1.54, 1.807) is 7.11 Å². The maximum absolute atomic E-state index is 6.28. The Morgan fingerprint density at radius 1 is 1.31 bits per heavy atom. The Balaban J connectivity index is 2.40. The van der Waals surface area contributed by atoms with Gasteiger partial charge in [-0.3, -0.25) is 0 Å². The van der Waals surface area contributed by atoms with Gasteiger partial charge in [0.2, 0.25) is 0 Å². The minimum atomic E-state index is 0.253. The summed E-state index contributed by atoms with van der Waals surface area (Å²) in [5, 5.41) is 0. The van der Waals surface area contributed by atoms with Crippen LogP contribution in [0.4, 0.5) is 0 Å². The first kappa shape index (κ1) is 13.7. The largest absolute Gasteiger partial charge is 0.384 e. The van der Waals surface area contributed by atoms with Crippen molar-refractivity contribution in [3.8, 4) is 0 Å². The molecule has 16 heavy (non-hydrogen) atoms. The maximum Gasteiger partial charge on any atom is 0.0488 e. The minimum absolute atomic E-state index is 0.253. The molecule has 0 aromatic rings. The standard InChI is InChI=1S/C14H27NO/c1-12(11-16-2)10-14(15)13-8-6-4-3-5-7-9-13/h8,12,14H,3-7,9-11,15H2,1-2H3. The van der Waals surface area contributed by atoms with Crippen molar-refractivity contribution in [1.29, 1.82) is 0 Å². The Hall–Kier alpha value is -0.340. The SMILES string of the molecule is COCC(C)CC(N)C1=CCCCCCC1. The summed E-state index contributed by atoms with van der Waals surface area (Å²) in [6.45, 7) is 3.04. The fourth-order valence-electron chi connectivity index (χ4n) is 2.49. The third-order valence-corrected chi connectivity index (χ3v) is 3.41. The zero-order chi connectivity index (χ0) is 11.8. The van der Waals surface area contributed by atoms with Gasteiger partial charge in [0.15, 0.2) is 0 Å². The van der Waals surface area contributed by atoms with Gasteiger partial charge in [-0.25, -0.2) is 0 Å². The highest BCUT2D eigenvalue weighted by atomic mass is 16.5. The highest BCUT2D eigenvalue weighted by molar-refractivity contribution is 5.10. The van der Waals surface area contributed by atoms with E-state index in [4.69, 9.17) is 10.5 Å². The predicted molar refractivity (Wildman–Crippen MR) is 69.4 cm³/mol. The van der Waals surface area contributed by atoms with Gasteiger partial charge in [-0.1, -0.05) is 31.4 Å². The van der Waals surface area contributed by atoms with E-state index in [-0.39, 0.29) is 6.04 Å². The van der Waals surface area contributed by atoms with Crippen molar-refractivity contribution in [1.82, 2.24) is 0 Å². The van der Waals surface area contributed by atoms with Crippen LogP contribution >= 0.6 is 0 Å². The summed E-state index contributed by atoms with van der Waals surface area (Å²) in [7, 11) is 1.76. The van der Waals surface area contributed by atoms with Gasteiger partial charge in [-0.05, 0) is 38.0 Å². The summed E-state index contributed by atoms with van der Waals surface area (Å²) in [6, 6.07) is 0.253. The van der Waals surface area contributed by atoms with Crippen LogP contribution in [0.15, 0.2) is 11.6 Å². The third-order valence-electron chi connectivity index (χ3n) is 3.41. The molecule has 1 aliphatic carbocycles. The lowest BCUT2D eigenvalue weighted by molar-refractivity contribution is 0.153. The van der Waals surface area contributed by atoms with E-state index in [1.165, 1.54) is 44.1 Å². The van der Waals surface area contributed by atoms with E-state index in [9.17, 15) is 0 Å². The molecule has 2 unspecified atom stereocenters. The van der Waals surface area contributed by atoms with E-state index in [2.05, 4.69) is 13.0 Å². The molecule has 94 valence electrons. The topological polar surface area (TPSA) is 35.2 Å². The Kier molecular flexibility index (Phi) is 6.74. The predicted octanol–water partition coefficient (Wildman–Crippen LogP) is 3.27. The van der Waals surface area contributed by atoms with E-state index >= 15 is 0 Å². The maximum atomic E-state index is 6.28. The molecular formula is C14H27NO. The number of hydrogen-bond acceptors (Lipinski definition) is 2. The molecular weight excluding hydrogens is 198 g/mol. The molecule has 0 heterocycles. The van der Waals surface area contributed by atoms with Crippen LogP contribution in [0.1, 0.15) is 51.9 Å². The summed E-state index contributed by atoms with van der Waals surface area (Å²) in [5.74, 6) is 0.561. The molecule has 2 heteroatoms. The van der Waals surface area contributed by atoms with Crippen LogP contribution in [-0.2, 0) is 4.74 Å². The summed E-state index contributed by atoms with van der Waals surface area (Å²) < 4.78 is 5.16. The van der Waals surface area contributed by atoms with E-state index in [0.717, 1.165) is 13.0 Å². The molecule has 0 aromatic heterocycles. The van der Waals surface area contributed by atoms with Crippen molar-refractivity contribution < 1.29 is 4.74 Å². The molecule has 1 aliphatic rings. The van der Waals surface area contributed by atoms with Gasteiger partial charge in [-0.15, -0.1) is 0 Å². The third kappa shape index (κ3) is 5.13. The number of nitrogens with two attached hydrogens (primary N) is 1. The highest BCUT2D eigenvalue weighted by Gasteiger charge is 2.14. The first-order valence-corrected chi connectivity index (χ1v) is 6.67. The molecule has 0 radical (unpaired) electrons. The number of ether oxygens (including phenoxy) is 1. The molecule has 0 fully saturated rings. The average molecular weight is 225 g/mol. The monoisotopic (exact) mass is 225 g/mol. The molecule has 1 rings (SSSR count). The molecule has 2 atom stereocenters. The second-order valence-corrected chi connectivity index (χ2v) is 5.13.